The Hall–Kier alpha value is -1.07. The summed E-state index contributed by atoms with van der Waals surface area (Å²) in [7, 11) is 0. The summed E-state index contributed by atoms with van der Waals surface area (Å²) in [5.74, 6) is 1.42. The Morgan fingerprint density at radius 2 is 2.22 bits per heavy atom. The van der Waals surface area contributed by atoms with Crippen LogP contribution in [0.15, 0.2) is 28.4 Å². The number of aromatic nitrogens is 2. The lowest BCUT2D eigenvalue weighted by molar-refractivity contribution is 0.801. The van der Waals surface area contributed by atoms with Crippen LogP contribution >= 0.6 is 23.1 Å². The zero-order valence-electron chi connectivity index (χ0n) is 10.7. The molecule has 0 amide bonds. The number of nitrogens with one attached hydrogen (secondary N) is 1. The first-order valence-corrected chi connectivity index (χ1v) is 7.59. The Balaban J connectivity index is 2.25. The Morgan fingerprint density at radius 1 is 1.44 bits per heavy atom. The van der Waals surface area contributed by atoms with Gasteiger partial charge in [-0.3, -0.25) is 4.79 Å². The minimum Gasteiger partial charge on any atom is -0.306 e. The van der Waals surface area contributed by atoms with Gasteiger partial charge in [0.15, 0.2) is 5.82 Å². The van der Waals surface area contributed by atoms with Gasteiger partial charge in [0.05, 0.1) is 10.6 Å². The predicted molar refractivity (Wildman–Crippen MR) is 79.2 cm³/mol. The first kappa shape index (κ1) is 13.4. The van der Waals surface area contributed by atoms with Crippen LogP contribution in [0.25, 0.3) is 10.7 Å². The summed E-state index contributed by atoms with van der Waals surface area (Å²) < 4.78 is 0.174. The summed E-state index contributed by atoms with van der Waals surface area (Å²) in [5, 5.41) is 1.98. The van der Waals surface area contributed by atoms with E-state index < -0.39 is 0 Å². The Morgan fingerprint density at radius 3 is 2.83 bits per heavy atom. The van der Waals surface area contributed by atoms with Gasteiger partial charge in [-0.15, -0.1) is 23.1 Å². The molecule has 0 aliphatic rings. The van der Waals surface area contributed by atoms with Gasteiger partial charge in [0, 0.05) is 16.6 Å². The molecule has 0 unspecified atom stereocenters. The SMILES string of the molecule is CC(C)(C)SCc1cc(=O)[nH]c(-c2cccs2)n1. The quantitative estimate of drug-likeness (QED) is 0.935. The van der Waals surface area contributed by atoms with Crippen LogP contribution in [0.3, 0.4) is 0 Å². The number of hydrogen-bond acceptors (Lipinski definition) is 4. The largest absolute Gasteiger partial charge is 0.306 e. The van der Waals surface area contributed by atoms with Crippen molar-refractivity contribution in [1.29, 1.82) is 0 Å². The fourth-order valence-electron chi connectivity index (χ4n) is 1.40. The molecular formula is C13H16N2OS2. The van der Waals surface area contributed by atoms with Crippen molar-refractivity contribution >= 4 is 23.1 Å². The third kappa shape index (κ3) is 3.71. The van der Waals surface area contributed by atoms with E-state index in [2.05, 4.69) is 30.7 Å². The molecule has 2 aromatic heterocycles. The molecule has 3 nitrogen and oxygen atoms in total. The fourth-order valence-corrected chi connectivity index (χ4v) is 2.80. The number of thiophene rings is 1. The number of nitrogens with zero attached hydrogens (tertiary/aromatic N) is 1. The van der Waals surface area contributed by atoms with Crippen molar-refractivity contribution in [2.24, 2.45) is 0 Å². The highest BCUT2D eigenvalue weighted by Crippen LogP contribution is 2.27. The van der Waals surface area contributed by atoms with E-state index in [-0.39, 0.29) is 10.3 Å². The lowest BCUT2D eigenvalue weighted by Gasteiger charge is -2.16. The van der Waals surface area contributed by atoms with E-state index in [1.54, 1.807) is 29.2 Å². The average Bonchev–Trinajstić information content (AvgIpc) is 2.78. The summed E-state index contributed by atoms with van der Waals surface area (Å²) in [6.45, 7) is 6.47. The normalized spacial score (nSPS) is 11.7. The summed E-state index contributed by atoms with van der Waals surface area (Å²) >= 11 is 3.37. The second-order valence-corrected chi connectivity index (χ2v) is 7.71. The zero-order chi connectivity index (χ0) is 13.2. The molecule has 2 aromatic rings. The number of thioether (sulfide) groups is 1. The van der Waals surface area contributed by atoms with E-state index in [1.807, 2.05) is 17.5 Å². The summed E-state index contributed by atoms with van der Waals surface area (Å²) in [6.07, 6.45) is 0. The molecule has 0 spiro atoms. The molecule has 2 rings (SSSR count). The van der Waals surface area contributed by atoms with Crippen molar-refractivity contribution in [3.63, 3.8) is 0 Å². The molecule has 0 saturated heterocycles. The minimum atomic E-state index is -0.0853. The Labute approximate surface area is 115 Å². The first-order chi connectivity index (χ1) is 8.44. The summed E-state index contributed by atoms with van der Waals surface area (Å²) in [5.41, 5.74) is 0.750. The molecule has 0 aliphatic carbocycles. The van der Waals surface area contributed by atoms with Crippen molar-refractivity contribution in [1.82, 2.24) is 9.97 Å². The number of hydrogen-bond donors (Lipinski definition) is 1. The molecular weight excluding hydrogens is 264 g/mol. The van der Waals surface area contributed by atoms with Crippen LogP contribution in [0.1, 0.15) is 26.5 Å². The highest BCUT2D eigenvalue weighted by atomic mass is 32.2. The third-order valence-electron chi connectivity index (χ3n) is 2.20. The first-order valence-electron chi connectivity index (χ1n) is 5.72. The molecule has 96 valence electrons. The molecule has 18 heavy (non-hydrogen) atoms. The van der Waals surface area contributed by atoms with Gasteiger partial charge in [0.25, 0.3) is 5.56 Å². The second-order valence-electron chi connectivity index (χ2n) is 4.96. The van der Waals surface area contributed by atoms with E-state index in [0.29, 0.717) is 5.82 Å². The molecule has 0 aliphatic heterocycles. The summed E-state index contributed by atoms with van der Waals surface area (Å²) in [6, 6.07) is 5.50. The van der Waals surface area contributed by atoms with Crippen LogP contribution in [0, 0.1) is 0 Å². The molecule has 5 heteroatoms. The molecule has 2 heterocycles. The highest BCUT2D eigenvalue weighted by Gasteiger charge is 2.12. The molecule has 0 saturated carbocycles. The van der Waals surface area contributed by atoms with E-state index in [1.165, 1.54) is 0 Å². The topological polar surface area (TPSA) is 45.8 Å². The lowest BCUT2D eigenvalue weighted by Crippen LogP contribution is -2.12. The molecule has 1 N–H and O–H groups in total. The molecule has 0 bridgehead atoms. The number of aromatic amines is 1. The van der Waals surface area contributed by atoms with Gasteiger partial charge in [-0.2, -0.15) is 0 Å². The molecule has 0 aromatic carbocycles. The second kappa shape index (κ2) is 5.28. The van der Waals surface area contributed by atoms with Crippen LogP contribution in [-0.2, 0) is 5.75 Å². The number of rotatable bonds is 3. The predicted octanol–water partition coefficient (Wildman–Crippen LogP) is 3.53. The maximum Gasteiger partial charge on any atom is 0.251 e. The Kier molecular flexibility index (Phi) is 3.92. The minimum absolute atomic E-state index is 0.0853. The van der Waals surface area contributed by atoms with Gasteiger partial charge >= 0.3 is 0 Å². The smallest absolute Gasteiger partial charge is 0.251 e. The molecule has 0 radical (unpaired) electrons. The van der Waals surface area contributed by atoms with Crippen LogP contribution < -0.4 is 5.56 Å². The Bertz CT molecular complexity index is 567. The van der Waals surface area contributed by atoms with Crippen molar-refractivity contribution < 1.29 is 0 Å². The monoisotopic (exact) mass is 280 g/mol. The van der Waals surface area contributed by atoms with Crippen molar-refractivity contribution in [3.05, 3.63) is 39.6 Å². The fraction of sp³-hybridized carbons (Fsp3) is 0.385. The lowest BCUT2D eigenvalue weighted by atomic mass is 10.3. The van der Waals surface area contributed by atoms with Crippen LogP contribution in [0.4, 0.5) is 0 Å². The van der Waals surface area contributed by atoms with E-state index in [4.69, 9.17) is 0 Å². The third-order valence-corrected chi connectivity index (χ3v) is 4.39. The van der Waals surface area contributed by atoms with Gasteiger partial charge in [-0.1, -0.05) is 26.8 Å². The maximum absolute atomic E-state index is 11.6. The standard InChI is InChI=1S/C13H16N2OS2/c1-13(2,3)18-8-9-7-11(16)15-12(14-9)10-5-4-6-17-10/h4-7H,8H2,1-3H3,(H,14,15,16). The van der Waals surface area contributed by atoms with E-state index in [9.17, 15) is 4.79 Å². The van der Waals surface area contributed by atoms with Gasteiger partial charge in [0.2, 0.25) is 0 Å². The highest BCUT2D eigenvalue weighted by molar-refractivity contribution is 7.99. The summed E-state index contributed by atoms with van der Waals surface area (Å²) in [4.78, 5) is 19.9. The van der Waals surface area contributed by atoms with Crippen molar-refractivity contribution in [2.45, 2.75) is 31.3 Å². The van der Waals surface area contributed by atoms with Gasteiger partial charge in [-0.05, 0) is 11.4 Å². The van der Waals surface area contributed by atoms with Gasteiger partial charge < -0.3 is 4.98 Å². The van der Waals surface area contributed by atoms with E-state index >= 15 is 0 Å². The average molecular weight is 280 g/mol. The van der Waals surface area contributed by atoms with E-state index in [0.717, 1.165) is 16.3 Å². The molecule has 0 atom stereocenters. The van der Waals surface area contributed by atoms with Gasteiger partial charge in [0.1, 0.15) is 0 Å². The van der Waals surface area contributed by atoms with Crippen molar-refractivity contribution in [2.75, 3.05) is 0 Å². The van der Waals surface area contributed by atoms with Gasteiger partial charge in [-0.25, -0.2) is 4.98 Å². The van der Waals surface area contributed by atoms with Crippen molar-refractivity contribution in [3.8, 4) is 10.7 Å². The number of H-pyrrole nitrogens is 1. The zero-order valence-corrected chi connectivity index (χ0v) is 12.3. The van der Waals surface area contributed by atoms with Crippen LogP contribution in [-0.4, -0.2) is 14.7 Å². The molecule has 0 fully saturated rings. The van der Waals surface area contributed by atoms with Crippen LogP contribution in [0.2, 0.25) is 0 Å². The van der Waals surface area contributed by atoms with Crippen LogP contribution in [0.5, 0.6) is 0 Å². The maximum atomic E-state index is 11.6.